The fourth-order valence-corrected chi connectivity index (χ4v) is 5.92. The minimum Gasteiger partial charge on any atom is -0.481 e. The first kappa shape index (κ1) is 17.9. The lowest BCUT2D eigenvalue weighted by Gasteiger charge is -2.19. The first-order valence-electron chi connectivity index (χ1n) is 9.44. The monoisotopic (exact) mass is 374 g/mol. The average molecular weight is 374 g/mol. The van der Waals surface area contributed by atoms with Crippen LogP contribution < -0.4 is 15.9 Å². The molecule has 3 aromatic rings. The molecule has 2 nitrogen and oxygen atoms in total. The summed E-state index contributed by atoms with van der Waals surface area (Å²) >= 11 is 0. The predicted molar refractivity (Wildman–Crippen MR) is 113 cm³/mol. The Morgan fingerprint density at radius 1 is 0.815 bits per heavy atom. The van der Waals surface area contributed by atoms with Crippen LogP contribution in [0.25, 0.3) is 0 Å². The summed E-state index contributed by atoms with van der Waals surface area (Å²) in [5.41, 5.74) is 1.30. The van der Waals surface area contributed by atoms with Gasteiger partial charge in [0.15, 0.2) is 0 Å². The van der Waals surface area contributed by atoms with Gasteiger partial charge in [-0.15, -0.1) is 0 Å². The maximum absolute atomic E-state index is 11.0. The summed E-state index contributed by atoms with van der Waals surface area (Å²) in [6, 6.07) is 30.4. The molecule has 2 atom stereocenters. The van der Waals surface area contributed by atoms with E-state index in [0.717, 1.165) is 19.3 Å². The molecule has 0 aromatic heterocycles. The summed E-state index contributed by atoms with van der Waals surface area (Å²) in [7, 11) is -0.561. The number of rotatable bonds is 7. The molecule has 1 saturated carbocycles. The van der Waals surface area contributed by atoms with Gasteiger partial charge in [0.1, 0.15) is 0 Å². The molecule has 1 aliphatic carbocycles. The van der Waals surface area contributed by atoms with Gasteiger partial charge in [-0.2, -0.15) is 0 Å². The van der Waals surface area contributed by atoms with E-state index in [1.165, 1.54) is 21.5 Å². The van der Waals surface area contributed by atoms with Gasteiger partial charge in [-0.05, 0) is 54.6 Å². The van der Waals surface area contributed by atoms with Crippen molar-refractivity contribution in [2.24, 2.45) is 11.8 Å². The highest BCUT2D eigenvalue weighted by molar-refractivity contribution is 7.79. The predicted octanol–water partition coefficient (Wildman–Crippen LogP) is 4.10. The van der Waals surface area contributed by atoms with Gasteiger partial charge in [0.25, 0.3) is 0 Å². The van der Waals surface area contributed by atoms with E-state index < -0.39 is 13.9 Å². The summed E-state index contributed by atoms with van der Waals surface area (Å²) < 4.78 is 0. The number of carboxylic acids is 1. The van der Waals surface area contributed by atoms with Crippen LogP contribution in [0.15, 0.2) is 84.9 Å². The minimum absolute atomic E-state index is 0.103. The van der Waals surface area contributed by atoms with E-state index in [9.17, 15) is 4.79 Å². The average Bonchev–Trinajstić information content (AvgIpc) is 3.49. The summed E-state index contributed by atoms with van der Waals surface area (Å²) in [4.78, 5) is 11.0. The highest BCUT2D eigenvalue weighted by Gasteiger charge is 2.42. The van der Waals surface area contributed by atoms with Gasteiger partial charge in [-0.3, -0.25) is 4.79 Å². The molecular weight excluding hydrogens is 351 g/mol. The normalized spacial score (nSPS) is 18.4. The molecule has 4 rings (SSSR count). The Kier molecular flexibility index (Phi) is 5.36. The largest absolute Gasteiger partial charge is 0.481 e. The van der Waals surface area contributed by atoms with Crippen LogP contribution in [0.2, 0.25) is 0 Å². The number of aryl methyl sites for hydroxylation is 1. The van der Waals surface area contributed by atoms with Crippen molar-refractivity contribution < 1.29 is 9.90 Å². The van der Waals surface area contributed by atoms with Crippen molar-refractivity contribution in [1.29, 1.82) is 0 Å². The van der Waals surface area contributed by atoms with Crippen LogP contribution in [0.1, 0.15) is 18.4 Å². The Morgan fingerprint density at radius 2 is 1.33 bits per heavy atom. The van der Waals surface area contributed by atoms with E-state index >= 15 is 0 Å². The third-order valence-electron chi connectivity index (χ3n) is 5.27. The molecule has 0 radical (unpaired) electrons. The summed E-state index contributed by atoms with van der Waals surface area (Å²) in [5.74, 6) is -0.368. The second-order valence-corrected chi connectivity index (χ2v) is 9.37. The Balaban J connectivity index is 1.52. The number of carboxylic acid groups (broad SMARTS) is 1. The van der Waals surface area contributed by atoms with Crippen molar-refractivity contribution in [1.82, 2.24) is 0 Å². The second-order valence-electron chi connectivity index (χ2n) is 7.15. The van der Waals surface area contributed by atoms with E-state index in [1.54, 1.807) is 0 Å². The first-order chi connectivity index (χ1) is 13.2. The number of aliphatic carboxylic acids is 1. The van der Waals surface area contributed by atoms with Crippen LogP contribution in [0.4, 0.5) is 0 Å². The molecule has 0 heterocycles. The molecule has 3 heteroatoms. The first-order valence-corrected chi connectivity index (χ1v) is 10.8. The van der Waals surface area contributed by atoms with E-state index in [-0.39, 0.29) is 5.92 Å². The highest BCUT2D eigenvalue weighted by Crippen LogP contribution is 2.42. The van der Waals surface area contributed by atoms with Crippen molar-refractivity contribution in [3.8, 4) is 0 Å². The molecule has 136 valence electrons. The lowest BCUT2D eigenvalue weighted by Crippen LogP contribution is -2.20. The smallest absolute Gasteiger partial charge is 0.306 e. The molecule has 0 amide bonds. The molecule has 0 bridgehead atoms. The molecule has 27 heavy (non-hydrogen) atoms. The Hall–Kier alpha value is -2.44. The van der Waals surface area contributed by atoms with Gasteiger partial charge < -0.3 is 5.11 Å². The Morgan fingerprint density at radius 3 is 1.81 bits per heavy atom. The number of hydrogen-bond acceptors (Lipinski definition) is 1. The third kappa shape index (κ3) is 4.28. The van der Waals surface area contributed by atoms with Crippen LogP contribution in [-0.2, 0) is 11.2 Å². The van der Waals surface area contributed by atoms with Gasteiger partial charge in [0.2, 0.25) is 0 Å². The zero-order valence-electron chi connectivity index (χ0n) is 15.2. The number of carbonyl (C=O) groups is 1. The van der Waals surface area contributed by atoms with E-state index in [0.29, 0.717) is 5.92 Å². The van der Waals surface area contributed by atoms with Gasteiger partial charge >= 0.3 is 5.97 Å². The molecule has 0 aliphatic heterocycles. The Bertz CT molecular complexity index is 851. The van der Waals surface area contributed by atoms with Crippen LogP contribution in [-0.4, -0.2) is 11.1 Å². The van der Waals surface area contributed by atoms with Crippen LogP contribution in [0.3, 0.4) is 0 Å². The van der Waals surface area contributed by atoms with Gasteiger partial charge in [0, 0.05) is 0 Å². The van der Waals surface area contributed by atoms with E-state index in [1.807, 2.05) is 0 Å². The summed E-state index contributed by atoms with van der Waals surface area (Å²) in [5, 5.41) is 13.1. The lowest BCUT2D eigenvalue weighted by molar-refractivity contribution is -0.138. The molecule has 0 spiro atoms. The second kappa shape index (κ2) is 8.06. The van der Waals surface area contributed by atoms with Crippen LogP contribution in [0, 0.1) is 11.8 Å². The quantitative estimate of drug-likeness (QED) is 0.633. The molecular formula is C24H23O2P. The van der Waals surface area contributed by atoms with Gasteiger partial charge in [0.05, 0.1) is 5.92 Å². The molecule has 1 N–H and O–H groups in total. The third-order valence-corrected chi connectivity index (χ3v) is 7.71. The SMILES string of the molecule is O=C(O)C1CC1CCc1ccc(P(c2ccccc2)c2ccccc2)cc1. The van der Waals surface area contributed by atoms with Crippen LogP contribution >= 0.6 is 7.92 Å². The van der Waals surface area contributed by atoms with Crippen molar-refractivity contribution in [3.05, 3.63) is 90.5 Å². The fourth-order valence-electron chi connectivity index (χ4n) is 3.63. The topological polar surface area (TPSA) is 37.3 Å². The molecule has 2 unspecified atom stereocenters. The summed E-state index contributed by atoms with van der Waals surface area (Å²) in [6.45, 7) is 0. The van der Waals surface area contributed by atoms with Crippen molar-refractivity contribution in [2.45, 2.75) is 19.3 Å². The van der Waals surface area contributed by atoms with Crippen molar-refractivity contribution in [3.63, 3.8) is 0 Å². The maximum Gasteiger partial charge on any atom is 0.306 e. The standard InChI is InChI=1S/C24H23O2P/c25-24(26)23-17-19(23)14-11-18-12-15-22(16-13-18)27(20-7-3-1-4-8-20)21-9-5-2-6-10-21/h1-10,12-13,15-16,19,23H,11,14,17H2,(H,25,26). The molecule has 3 aromatic carbocycles. The van der Waals surface area contributed by atoms with E-state index in [2.05, 4.69) is 84.9 Å². The lowest BCUT2D eigenvalue weighted by atomic mass is 10.1. The van der Waals surface area contributed by atoms with Crippen molar-refractivity contribution >= 4 is 29.8 Å². The van der Waals surface area contributed by atoms with Gasteiger partial charge in [-0.1, -0.05) is 84.9 Å². The zero-order valence-corrected chi connectivity index (χ0v) is 16.1. The molecule has 0 saturated heterocycles. The highest BCUT2D eigenvalue weighted by atomic mass is 31.1. The summed E-state index contributed by atoms with van der Waals surface area (Å²) in [6.07, 6.45) is 2.78. The number of hydrogen-bond donors (Lipinski definition) is 1. The van der Waals surface area contributed by atoms with Crippen LogP contribution in [0.5, 0.6) is 0 Å². The Labute approximate surface area is 161 Å². The molecule has 1 aliphatic rings. The van der Waals surface area contributed by atoms with Crippen molar-refractivity contribution in [2.75, 3.05) is 0 Å². The number of benzene rings is 3. The minimum atomic E-state index is -0.633. The maximum atomic E-state index is 11.0. The van der Waals surface area contributed by atoms with E-state index in [4.69, 9.17) is 5.11 Å². The van der Waals surface area contributed by atoms with Gasteiger partial charge in [-0.25, -0.2) is 0 Å². The molecule has 1 fully saturated rings. The fraction of sp³-hybridized carbons (Fsp3) is 0.208. The zero-order chi connectivity index (χ0) is 18.6.